The van der Waals surface area contributed by atoms with E-state index >= 15 is 0 Å². The first-order valence-corrected chi connectivity index (χ1v) is 9.13. The minimum absolute atomic E-state index is 0.0172. The van der Waals surface area contributed by atoms with Gasteiger partial charge in [-0.15, -0.1) is 10.2 Å². The van der Waals surface area contributed by atoms with Crippen LogP contribution in [-0.4, -0.2) is 51.2 Å². The van der Waals surface area contributed by atoms with Crippen molar-refractivity contribution in [3.63, 3.8) is 0 Å². The zero-order valence-corrected chi connectivity index (χ0v) is 15.3. The van der Waals surface area contributed by atoms with Gasteiger partial charge in [-0.1, -0.05) is 17.4 Å². The molecule has 26 heavy (non-hydrogen) atoms. The molecule has 1 fully saturated rings. The minimum atomic E-state index is -0.740. The Morgan fingerprint density at radius 2 is 2.27 bits per heavy atom. The number of aliphatic hydroxyl groups excluding tert-OH is 2. The molecule has 0 bridgehead atoms. The number of carbonyl (C=O) groups is 1. The third-order valence-corrected chi connectivity index (χ3v) is 4.74. The fraction of sp³-hybridized carbons (Fsp3) is 0.471. The Morgan fingerprint density at radius 3 is 2.96 bits per heavy atom. The number of nitrogens with one attached hydrogen (secondary N) is 1. The maximum Gasteiger partial charge on any atom is 0.257 e. The number of rotatable bonds is 6. The second kappa shape index (κ2) is 8.09. The summed E-state index contributed by atoms with van der Waals surface area (Å²) in [5.74, 6) is 0.302. The van der Waals surface area contributed by atoms with Crippen LogP contribution in [0, 0.1) is 0 Å². The second-order valence-corrected chi connectivity index (χ2v) is 7.25. The van der Waals surface area contributed by atoms with E-state index in [2.05, 4.69) is 15.5 Å². The number of carbonyl (C=O) groups excluding carboxylic acids is 1. The Bertz CT molecular complexity index is 766. The summed E-state index contributed by atoms with van der Waals surface area (Å²) in [4.78, 5) is 12.4. The van der Waals surface area contributed by atoms with Crippen LogP contribution in [0.1, 0.15) is 41.7 Å². The molecule has 2 heterocycles. The number of aliphatic hydroxyl groups is 2. The van der Waals surface area contributed by atoms with E-state index in [4.69, 9.17) is 14.6 Å². The number of hydrogen-bond donors (Lipinski definition) is 3. The lowest BCUT2D eigenvalue weighted by Crippen LogP contribution is -2.24. The van der Waals surface area contributed by atoms with Crippen molar-refractivity contribution in [2.75, 3.05) is 11.9 Å². The number of hydrogen-bond acceptors (Lipinski definition) is 8. The Balaban J connectivity index is 1.65. The third-order valence-electron chi connectivity index (χ3n) is 3.81. The first-order chi connectivity index (χ1) is 12.5. The summed E-state index contributed by atoms with van der Waals surface area (Å²) in [5.41, 5.74) is 0.452. The summed E-state index contributed by atoms with van der Waals surface area (Å²) in [6, 6.07) is 6.90. The molecule has 9 heteroatoms. The van der Waals surface area contributed by atoms with Crippen LogP contribution >= 0.6 is 11.3 Å². The van der Waals surface area contributed by atoms with E-state index in [1.807, 2.05) is 13.8 Å². The van der Waals surface area contributed by atoms with Crippen molar-refractivity contribution in [2.45, 2.75) is 44.7 Å². The lowest BCUT2D eigenvalue weighted by atomic mass is 10.1. The highest BCUT2D eigenvalue weighted by Crippen LogP contribution is 2.35. The third kappa shape index (κ3) is 4.36. The van der Waals surface area contributed by atoms with Crippen LogP contribution < -0.4 is 10.1 Å². The fourth-order valence-corrected chi connectivity index (χ4v) is 3.41. The lowest BCUT2D eigenvalue weighted by molar-refractivity contribution is -0.0227. The molecule has 3 N–H and O–H groups in total. The zero-order chi connectivity index (χ0) is 18.7. The van der Waals surface area contributed by atoms with Gasteiger partial charge in [0.1, 0.15) is 23.0 Å². The van der Waals surface area contributed by atoms with Gasteiger partial charge in [0.05, 0.1) is 18.8 Å². The monoisotopic (exact) mass is 379 g/mol. The maximum absolute atomic E-state index is 12.4. The molecule has 0 unspecified atom stereocenters. The molecule has 0 radical (unpaired) electrons. The van der Waals surface area contributed by atoms with Gasteiger partial charge >= 0.3 is 0 Å². The van der Waals surface area contributed by atoms with Gasteiger partial charge in [0.15, 0.2) is 0 Å². The lowest BCUT2D eigenvalue weighted by Gasteiger charge is -2.10. The van der Waals surface area contributed by atoms with Crippen LogP contribution in [0.5, 0.6) is 5.75 Å². The van der Waals surface area contributed by atoms with E-state index in [1.165, 1.54) is 11.3 Å². The average molecular weight is 379 g/mol. The largest absolute Gasteiger partial charge is 0.491 e. The molecule has 1 aliphatic rings. The normalized spacial score (nSPS) is 22.6. The summed E-state index contributed by atoms with van der Waals surface area (Å²) in [6.45, 7) is 3.58. The van der Waals surface area contributed by atoms with Crippen molar-refractivity contribution in [3.05, 3.63) is 34.8 Å². The van der Waals surface area contributed by atoms with Crippen molar-refractivity contribution in [3.8, 4) is 5.75 Å². The molecular weight excluding hydrogens is 358 g/mol. The van der Waals surface area contributed by atoms with Crippen molar-refractivity contribution in [1.82, 2.24) is 10.2 Å². The maximum atomic E-state index is 12.4. The average Bonchev–Trinajstić information content (AvgIpc) is 3.20. The van der Waals surface area contributed by atoms with E-state index in [9.17, 15) is 9.90 Å². The van der Waals surface area contributed by atoms with E-state index in [1.54, 1.807) is 24.3 Å². The Labute approximate surface area is 154 Å². The molecule has 1 aromatic heterocycles. The number of nitrogens with zero attached hydrogens (tertiary/aromatic N) is 2. The van der Waals surface area contributed by atoms with Crippen LogP contribution in [-0.2, 0) is 4.74 Å². The number of anilines is 1. The minimum Gasteiger partial charge on any atom is -0.491 e. The van der Waals surface area contributed by atoms with E-state index in [-0.39, 0.29) is 18.6 Å². The molecule has 8 nitrogen and oxygen atoms in total. The van der Waals surface area contributed by atoms with Crippen molar-refractivity contribution in [1.29, 1.82) is 0 Å². The molecule has 1 aromatic carbocycles. The number of amides is 1. The summed E-state index contributed by atoms with van der Waals surface area (Å²) in [7, 11) is 0. The van der Waals surface area contributed by atoms with Crippen molar-refractivity contribution < 1.29 is 24.5 Å². The van der Waals surface area contributed by atoms with Gasteiger partial charge < -0.3 is 19.7 Å². The topological polar surface area (TPSA) is 114 Å². The smallest absolute Gasteiger partial charge is 0.257 e. The molecule has 140 valence electrons. The van der Waals surface area contributed by atoms with Gasteiger partial charge in [-0.2, -0.15) is 0 Å². The molecule has 3 atom stereocenters. The van der Waals surface area contributed by atoms with Crippen molar-refractivity contribution in [2.24, 2.45) is 0 Å². The molecule has 3 rings (SSSR count). The van der Waals surface area contributed by atoms with E-state index in [0.717, 1.165) is 0 Å². The Morgan fingerprint density at radius 1 is 1.46 bits per heavy atom. The SMILES string of the molecule is CC(C)Oc1cccc(C(=O)Nc2nnc([C@H]3C[C@H](O)[C@@H](CO)O3)s2)c1. The van der Waals surface area contributed by atoms with E-state index < -0.39 is 18.3 Å². The first-order valence-electron chi connectivity index (χ1n) is 8.32. The number of ether oxygens (including phenoxy) is 2. The standard InChI is InChI=1S/C17H21N3O5S/c1-9(2)24-11-5-3-4-10(6-11)15(23)18-17-20-19-16(26-17)13-7-12(22)14(8-21)25-13/h3-6,9,12-14,21-22H,7-8H2,1-2H3,(H,18,20,23)/t12-,13+,14+/m0/s1. The molecule has 1 aliphatic heterocycles. The fourth-order valence-electron chi connectivity index (χ4n) is 2.62. The number of benzene rings is 1. The second-order valence-electron chi connectivity index (χ2n) is 6.24. The molecule has 0 saturated carbocycles. The van der Waals surface area contributed by atoms with Gasteiger partial charge in [-0.3, -0.25) is 10.1 Å². The van der Waals surface area contributed by atoms with Crippen LogP contribution in [0.3, 0.4) is 0 Å². The van der Waals surface area contributed by atoms with Gasteiger partial charge in [-0.25, -0.2) is 0 Å². The molecule has 2 aromatic rings. The molecule has 1 amide bonds. The van der Waals surface area contributed by atoms with Crippen LogP contribution in [0.4, 0.5) is 5.13 Å². The highest BCUT2D eigenvalue weighted by atomic mass is 32.1. The summed E-state index contributed by atoms with van der Waals surface area (Å²) in [6.07, 6.45) is -1.44. The predicted molar refractivity (Wildman–Crippen MR) is 95.4 cm³/mol. The zero-order valence-electron chi connectivity index (χ0n) is 14.5. The number of aromatic nitrogens is 2. The molecule has 0 spiro atoms. The van der Waals surface area contributed by atoms with Crippen LogP contribution in [0.25, 0.3) is 0 Å². The molecule has 0 aliphatic carbocycles. The van der Waals surface area contributed by atoms with Gasteiger partial charge in [0, 0.05) is 12.0 Å². The highest BCUT2D eigenvalue weighted by Gasteiger charge is 2.36. The Hall–Kier alpha value is -2.07. The molecular formula is C17H21N3O5S. The van der Waals surface area contributed by atoms with Crippen molar-refractivity contribution >= 4 is 22.4 Å². The highest BCUT2D eigenvalue weighted by molar-refractivity contribution is 7.15. The van der Waals surface area contributed by atoms with Gasteiger partial charge in [-0.05, 0) is 32.0 Å². The van der Waals surface area contributed by atoms with Gasteiger partial charge in [0.25, 0.3) is 5.91 Å². The first kappa shape index (κ1) is 18.7. The van der Waals surface area contributed by atoms with Crippen LogP contribution in [0.15, 0.2) is 24.3 Å². The summed E-state index contributed by atoms with van der Waals surface area (Å²) >= 11 is 1.18. The molecule has 1 saturated heterocycles. The Kier molecular flexibility index (Phi) is 5.82. The predicted octanol–water partition coefficient (Wildman–Crippen LogP) is 1.76. The summed E-state index contributed by atoms with van der Waals surface area (Å²) < 4.78 is 11.1. The van der Waals surface area contributed by atoms with E-state index in [0.29, 0.717) is 27.9 Å². The quantitative estimate of drug-likeness (QED) is 0.701. The van der Waals surface area contributed by atoms with Gasteiger partial charge in [0.2, 0.25) is 5.13 Å². The van der Waals surface area contributed by atoms with Crippen LogP contribution in [0.2, 0.25) is 0 Å². The summed E-state index contributed by atoms with van der Waals surface area (Å²) in [5, 5.41) is 30.5.